The number of ether oxygens (including phenoxy) is 1. The summed E-state index contributed by atoms with van der Waals surface area (Å²) in [6, 6.07) is 7.30. The van der Waals surface area contributed by atoms with Gasteiger partial charge in [-0.15, -0.1) is 0 Å². The van der Waals surface area contributed by atoms with Gasteiger partial charge in [-0.25, -0.2) is 0 Å². The number of benzene rings is 1. The first kappa shape index (κ1) is 20.0. The van der Waals surface area contributed by atoms with Gasteiger partial charge in [0.2, 0.25) is 0 Å². The highest BCUT2D eigenvalue weighted by molar-refractivity contribution is 8.30. The summed E-state index contributed by atoms with van der Waals surface area (Å²) in [6.45, 7) is 12.1. The molecule has 1 atom stereocenters. The molecule has 0 aliphatic heterocycles. The molecule has 0 amide bonds. The summed E-state index contributed by atoms with van der Waals surface area (Å²) in [6.07, 6.45) is 1.28. The van der Waals surface area contributed by atoms with Crippen molar-refractivity contribution in [2.75, 3.05) is 6.61 Å². The van der Waals surface area contributed by atoms with Crippen molar-refractivity contribution in [3.8, 4) is 5.75 Å². The summed E-state index contributed by atoms with van der Waals surface area (Å²) in [4.78, 5) is 12.5. The van der Waals surface area contributed by atoms with Crippen molar-refractivity contribution in [2.45, 2.75) is 69.8 Å². The minimum Gasteiger partial charge on any atom is -0.493 e. The van der Waals surface area contributed by atoms with Crippen LogP contribution in [0.4, 0.5) is 3.89 Å². The van der Waals surface area contributed by atoms with E-state index >= 15 is 3.89 Å². The number of Topliss-reactive ketones (excluding diaryl/α,β-unsaturated/α-hetero) is 1. The highest BCUT2D eigenvalue weighted by Crippen LogP contribution is 2.64. The van der Waals surface area contributed by atoms with E-state index in [9.17, 15) is 4.79 Å². The molecular formula is C19H31FO2S. The molecule has 23 heavy (non-hydrogen) atoms. The summed E-state index contributed by atoms with van der Waals surface area (Å²) in [5.41, 5.74) is 0. The van der Waals surface area contributed by atoms with Gasteiger partial charge in [-0.05, 0) is 30.7 Å². The van der Waals surface area contributed by atoms with Crippen LogP contribution in [0.15, 0.2) is 29.2 Å². The third-order valence-corrected chi connectivity index (χ3v) is 8.08. The Morgan fingerprint density at radius 2 is 1.61 bits per heavy atom. The monoisotopic (exact) mass is 342 g/mol. The predicted octanol–water partition coefficient (Wildman–Crippen LogP) is 5.94. The minimum absolute atomic E-state index is 0.0116. The van der Waals surface area contributed by atoms with Crippen LogP contribution in [-0.2, 0) is 4.79 Å². The van der Waals surface area contributed by atoms with Crippen molar-refractivity contribution < 1.29 is 13.4 Å². The number of carbonyl (C=O) groups is 1. The normalized spacial score (nSPS) is 14.1. The number of hydrogen-bond donors (Lipinski definition) is 0. The Morgan fingerprint density at radius 1 is 1.09 bits per heavy atom. The van der Waals surface area contributed by atoms with Crippen LogP contribution < -0.4 is 4.74 Å². The molecule has 0 aromatic heterocycles. The molecule has 0 spiro atoms. The Labute approximate surface area is 142 Å². The Morgan fingerprint density at radius 3 is 2.04 bits per heavy atom. The molecule has 0 aliphatic carbocycles. The van der Waals surface area contributed by atoms with E-state index in [2.05, 4.69) is 0 Å². The van der Waals surface area contributed by atoms with Crippen LogP contribution in [0.25, 0.3) is 0 Å². The van der Waals surface area contributed by atoms with E-state index in [0.29, 0.717) is 18.8 Å². The lowest BCUT2D eigenvalue weighted by Gasteiger charge is -2.39. The molecule has 0 bridgehead atoms. The van der Waals surface area contributed by atoms with E-state index in [1.54, 1.807) is 0 Å². The van der Waals surface area contributed by atoms with E-state index in [0.717, 1.165) is 11.3 Å². The molecule has 1 rings (SSSR count). The summed E-state index contributed by atoms with van der Waals surface area (Å²) < 4.78 is 21.0. The average molecular weight is 343 g/mol. The summed E-state index contributed by atoms with van der Waals surface area (Å²) in [7, 11) is -2.33. The average Bonchev–Trinajstić information content (AvgIpc) is 2.53. The molecule has 0 saturated carbocycles. The second-order valence-corrected chi connectivity index (χ2v) is 10.2. The Bertz CT molecular complexity index is 489. The molecule has 0 fully saturated rings. The number of carbonyl (C=O) groups excluding carboxylic acids is 1. The van der Waals surface area contributed by atoms with Crippen LogP contribution in [0.1, 0.15) is 54.4 Å². The molecule has 1 unspecified atom stereocenters. The quantitative estimate of drug-likeness (QED) is 0.555. The topological polar surface area (TPSA) is 26.3 Å². The van der Waals surface area contributed by atoms with Gasteiger partial charge in [-0.3, -0.25) is 4.79 Å². The molecule has 2 nitrogen and oxygen atoms in total. The molecule has 0 saturated heterocycles. The fourth-order valence-electron chi connectivity index (χ4n) is 2.58. The number of ketones is 1. The van der Waals surface area contributed by atoms with E-state index < -0.39 is 10.4 Å². The number of halogens is 1. The Balaban J connectivity index is 2.68. The largest absolute Gasteiger partial charge is 0.493 e. The first-order valence-corrected chi connectivity index (χ1v) is 10.2. The van der Waals surface area contributed by atoms with Gasteiger partial charge >= 0.3 is 0 Å². The van der Waals surface area contributed by atoms with Gasteiger partial charge in [0.25, 0.3) is 0 Å². The van der Waals surface area contributed by atoms with E-state index in [-0.39, 0.29) is 22.2 Å². The zero-order valence-corrected chi connectivity index (χ0v) is 16.1. The SMILES string of the molecule is CCC(C)C(=O)CCOc1ccc(S(F)(C(C)C)C(C)C)cc1. The van der Waals surface area contributed by atoms with Crippen molar-refractivity contribution >= 4 is 16.2 Å². The van der Waals surface area contributed by atoms with Crippen LogP contribution in [0.5, 0.6) is 5.75 Å². The third-order valence-electron chi connectivity index (χ3n) is 4.34. The van der Waals surface area contributed by atoms with Crippen molar-refractivity contribution in [2.24, 2.45) is 5.92 Å². The summed E-state index contributed by atoms with van der Waals surface area (Å²) >= 11 is 0. The van der Waals surface area contributed by atoms with Crippen molar-refractivity contribution in [3.63, 3.8) is 0 Å². The van der Waals surface area contributed by atoms with Gasteiger partial charge in [0.05, 0.1) is 6.61 Å². The lowest BCUT2D eigenvalue weighted by atomic mass is 10.0. The van der Waals surface area contributed by atoms with Gasteiger partial charge in [0, 0.05) is 27.7 Å². The second kappa shape index (κ2) is 8.72. The Kier molecular flexibility index (Phi) is 7.59. The van der Waals surface area contributed by atoms with E-state index in [1.807, 2.05) is 65.8 Å². The highest BCUT2D eigenvalue weighted by atomic mass is 32.3. The van der Waals surface area contributed by atoms with Crippen LogP contribution in [-0.4, -0.2) is 22.9 Å². The van der Waals surface area contributed by atoms with Gasteiger partial charge in [-0.2, -0.15) is 3.89 Å². The predicted molar refractivity (Wildman–Crippen MR) is 98.3 cm³/mol. The lowest BCUT2D eigenvalue weighted by molar-refractivity contribution is -0.122. The molecular weight excluding hydrogens is 311 g/mol. The van der Waals surface area contributed by atoms with Crippen molar-refractivity contribution in [1.29, 1.82) is 0 Å². The maximum Gasteiger partial charge on any atom is 0.139 e. The molecule has 4 heteroatoms. The van der Waals surface area contributed by atoms with Crippen molar-refractivity contribution in [3.05, 3.63) is 24.3 Å². The standard InChI is InChI=1S/C19H31FO2S/c1-7-16(6)19(21)12-13-22-17-8-10-18(11-9-17)23(20,14(2)3)15(4)5/h8-11,14-16H,7,12-13H2,1-6H3. The molecule has 0 radical (unpaired) electrons. The van der Waals surface area contributed by atoms with Crippen LogP contribution in [0.3, 0.4) is 0 Å². The first-order chi connectivity index (χ1) is 10.7. The van der Waals surface area contributed by atoms with Crippen LogP contribution >= 0.6 is 10.4 Å². The fourth-order valence-corrected chi connectivity index (χ4v) is 5.31. The summed E-state index contributed by atoms with van der Waals surface area (Å²) in [5.74, 6) is 1.02. The molecule has 0 N–H and O–H groups in total. The van der Waals surface area contributed by atoms with E-state index in [1.165, 1.54) is 0 Å². The molecule has 1 aromatic carbocycles. The lowest BCUT2D eigenvalue weighted by Crippen LogP contribution is -2.17. The van der Waals surface area contributed by atoms with Gasteiger partial charge in [0.15, 0.2) is 0 Å². The zero-order chi connectivity index (χ0) is 17.6. The first-order valence-electron chi connectivity index (χ1n) is 8.49. The van der Waals surface area contributed by atoms with E-state index in [4.69, 9.17) is 4.74 Å². The smallest absolute Gasteiger partial charge is 0.139 e. The zero-order valence-electron chi connectivity index (χ0n) is 15.3. The maximum absolute atomic E-state index is 15.4. The molecule has 132 valence electrons. The number of rotatable bonds is 9. The van der Waals surface area contributed by atoms with Crippen LogP contribution in [0.2, 0.25) is 0 Å². The second-order valence-electron chi connectivity index (χ2n) is 6.57. The summed E-state index contributed by atoms with van der Waals surface area (Å²) in [5, 5.41) is -0.0233. The Hall–Kier alpha value is -1.03. The fraction of sp³-hybridized carbons (Fsp3) is 0.632. The minimum atomic E-state index is -2.33. The third kappa shape index (κ3) is 4.97. The maximum atomic E-state index is 15.4. The highest BCUT2D eigenvalue weighted by Gasteiger charge is 2.33. The van der Waals surface area contributed by atoms with Crippen molar-refractivity contribution in [1.82, 2.24) is 0 Å². The van der Waals surface area contributed by atoms with Crippen LogP contribution in [0, 0.1) is 5.92 Å². The molecule has 0 aliphatic rings. The van der Waals surface area contributed by atoms with Gasteiger partial charge in [-0.1, -0.05) is 52.0 Å². The molecule has 1 aromatic rings. The van der Waals surface area contributed by atoms with Gasteiger partial charge < -0.3 is 4.74 Å². The van der Waals surface area contributed by atoms with Gasteiger partial charge in [0.1, 0.15) is 11.5 Å². The molecule has 0 heterocycles. The number of hydrogen-bond acceptors (Lipinski definition) is 2.